The predicted octanol–water partition coefficient (Wildman–Crippen LogP) is 4.97. The Labute approximate surface area is 141 Å². The van der Waals surface area contributed by atoms with E-state index in [1.807, 2.05) is 0 Å². The largest absolute Gasteiger partial charge is 0.271 e. The van der Waals surface area contributed by atoms with Crippen LogP contribution in [0.4, 0.5) is 0 Å². The number of thioether (sulfide) groups is 2. The topological polar surface area (TPSA) is 38.0 Å². The van der Waals surface area contributed by atoms with Crippen LogP contribution in [0.3, 0.4) is 0 Å². The molecule has 1 heterocycles. The molecule has 1 rings (SSSR count). The maximum Gasteiger partial charge on any atom is 0.0337 e. The van der Waals surface area contributed by atoms with Crippen molar-refractivity contribution in [1.82, 2.24) is 5.43 Å². The summed E-state index contributed by atoms with van der Waals surface area (Å²) < 4.78 is 0. The molecule has 2 nitrogen and oxygen atoms in total. The van der Waals surface area contributed by atoms with Crippen molar-refractivity contribution >= 4 is 23.5 Å². The number of nitrogens with two attached hydrogens (primary N) is 1. The third-order valence-corrected chi connectivity index (χ3v) is 8.16. The van der Waals surface area contributed by atoms with Crippen LogP contribution in [-0.2, 0) is 0 Å². The quantitative estimate of drug-likeness (QED) is 0.318. The zero-order valence-corrected chi connectivity index (χ0v) is 15.9. The molecule has 0 aliphatic carbocycles. The Hall–Kier alpha value is 0.620. The Bertz CT molecular complexity index is 251. The molecule has 0 radical (unpaired) electrons. The number of nitrogens with one attached hydrogen (secondary N) is 1. The normalized spacial score (nSPS) is 27.7. The molecule has 3 N–H and O–H groups in total. The summed E-state index contributed by atoms with van der Waals surface area (Å²) in [6.07, 6.45) is 12.4. The van der Waals surface area contributed by atoms with Crippen LogP contribution in [0.25, 0.3) is 0 Å². The number of rotatable bonds is 11. The highest BCUT2D eigenvalue weighted by atomic mass is 32.2. The van der Waals surface area contributed by atoms with Crippen LogP contribution in [0.5, 0.6) is 0 Å². The molecule has 0 aromatic carbocycles. The van der Waals surface area contributed by atoms with Crippen molar-refractivity contribution in [3.8, 4) is 0 Å². The molecule has 4 unspecified atom stereocenters. The molecule has 126 valence electrons. The summed E-state index contributed by atoms with van der Waals surface area (Å²) >= 11 is 4.26. The second-order valence-electron chi connectivity index (χ2n) is 6.45. The van der Waals surface area contributed by atoms with E-state index < -0.39 is 0 Å². The van der Waals surface area contributed by atoms with Crippen LogP contribution in [0, 0.1) is 0 Å². The van der Waals surface area contributed by atoms with Crippen molar-refractivity contribution in [3.05, 3.63) is 0 Å². The van der Waals surface area contributed by atoms with Crippen molar-refractivity contribution in [1.29, 1.82) is 0 Å². The highest BCUT2D eigenvalue weighted by Gasteiger charge is 2.30. The fourth-order valence-corrected chi connectivity index (χ4v) is 6.05. The van der Waals surface area contributed by atoms with E-state index in [1.165, 1.54) is 63.5 Å². The Morgan fingerprint density at radius 3 is 2.19 bits per heavy atom. The Balaban J connectivity index is 2.08. The van der Waals surface area contributed by atoms with Gasteiger partial charge in [-0.2, -0.15) is 23.5 Å². The van der Waals surface area contributed by atoms with Gasteiger partial charge in [0.15, 0.2) is 0 Å². The maximum absolute atomic E-state index is 5.81. The summed E-state index contributed by atoms with van der Waals surface area (Å²) in [4.78, 5) is 0. The molecular formula is C17H36N2S2. The zero-order valence-electron chi connectivity index (χ0n) is 14.3. The van der Waals surface area contributed by atoms with Crippen molar-refractivity contribution in [2.45, 2.75) is 100 Å². The molecule has 21 heavy (non-hydrogen) atoms. The summed E-state index contributed by atoms with van der Waals surface area (Å²) in [6, 6.07) is 0.498. The van der Waals surface area contributed by atoms with Gasteiger partial charge < -0.3 is 0 Å². The smallest absolute Gasteiger partial charge is 0.0337 e. The minimum atomic E-state index is 0.498. The summed E-state index contributed by atoms with van der Waals surface area (Å²) in [7, 11) is 0. The first-order valence-electron chi connectivity index (χ1n) is 8.92. The molecule has 1 saturated heterocycles. The number of hydrogen-bond donors (Lipinski definition) is 2. The molecule has 1 aliphatic heterocycles. The molecule has 0 amide bonds. The molecule has 0 aromatic heterocycles. The third-order valence-electron chi connectivity index (χ3n) is 4.61. The standard InChI is InChI=1S/C17H36N2S2/c1-4-5-6-7-8-9-10-11-12-16(19-18)17-13-20-14(2)15(3)21-17/h14-17,19H,4-13,18H2,1-3H3. The van der Waals surface area contributed by atoms with E-state index in [-0.39, 0.29) is 0 Å². The molecule has 4 heteroatoms. The van der Waals surface area contributed by atoms with Crippen LogP contribution < -0.4 is 11.3 Å². The lowest BCUT2D eigenvalue weighted by Crippen LogP contribution is -2.46. The third kappa shape index (κ3) is 8.15. The lowest BCUT2D eigenvalue weighted by molar-refractivity contribution is 0.458. The van der Waals surface area contributed by atoms with Crippen molar-refractivity contribution in [3.63, 3.8) is 0 Å². The second kappa shape index (κ2) is 12.1. The average Bonchev–Trinajstić information content (AvgIpc) is 2.49. The van der Waals surface area contributed by atoms with E-state index >= 15 is 0 Å². The van der Waals surface area contributed by atoms with Gasteiger partial charge >= 0.3 is 0 Å². The minimum Gasteiger partial charge on any atom is -0.271 e. The first-order chi connectivity index (χ1) is 10.2. The van der Waals surface area contributed by atoms with Crippen LogP contribution in [0.2, 0.25) is 0 Å². The molecule has 4 atom stereocenters. The predicted molar refractivity (Wildman–Crippen MR) is 101 cm³/mol. The van der Waals surface area contributed by atoms with E-state index in [4.69, 9.17) is 5.84 Å². The Morgan fingerprint density at radius 2 is 1.62 bits per heavy atom. The summed E-state index contributed by atoms with van der Waals surface area (Å²) in [5, 5.41) is 2.23. The van der Waals surface area contributed by atoms with Crippen molar-refractivity contribution in [2.24, 2.45) is 5.84 Å². The highest BCUT2D eigenvalue weighted by molar-refractivity contribution is 8.07. The fraction of sp³-hybridized carbons (Fsp3) is 1.00. The van der Waals surface area contributed by atoms with Crippen molar-refractivity contribution < 1.29 is 0 Å². The van der Waals surface area contributed by atoms with E-state index in [1.54, 1.807) is 0 Å². The van der Waals surface area contributed by atoms with E-state index in [2.05, 4.69) is 49.7 Å². The number of unbranched alkanes of at least 4 members (excludes halogenated alkanes) is 7. The summed E-state index contributed by atoms with van der Waals surface area (Å²) in [5.74, 6) is 7.06. The van der Waals surface area contributed by atoms with Gasteiger partial charge in [-0.1, -0.05) is 72.1 Å². The second-order valence-corrected chi connectivity index (χ2v) is 9.49. The minimum absolute atomic E-state index is 0.498. The van der Waals surface area contributed by atoms with Gasteiger partial charge in [0, 0.05) is 27.5 Å². The summed E-state index contributed by atoms with van der Waals surface area (Å²) in [6.45, 7) is 6.99. The zero-order chi connectivity index (χ0) is 15.5. The van der Waals surface area contributed by atoms with Gasteiger partial charge in [-0.25, -0.2) is 0 Å². The Kier molecular flexibility index (Phi) is 11.3. The molecule has 0 aromatic rings. The first-order valence-corrected chi connectivity index (χ1v) is 10.9. The molecule has 0 saturated carbocycles. The van der Waals surface area contributed by atoms with Crippen molar-refractivity contribution in [2.75, 3.05) is 5.75 Å². The van der Waals surface area contributed by atoms with Gasteiger partial charge in [0.1, 0.15) is 0 Å². The van der Waals surface area contributed by atoms with E-state index in [9.17, 15) is 0 Å². The van der Waals surface area contributed by atoms with Gasteiger partial charge in [-0.3, -0.25) is 11.3 Å². The maximum atomic E-state index is 5.81. The average molecular weight is 333 g/mol. The Morgan fingerprint density at radius 1 is 1.00 bits per heavy atom. The number of hydrazine groups is 1. The van der Waals surface area contributed by atoms with Crippen LogP contribution in [0.15, 0.2) is 0 Å². The van der Waals surface area contributed by atoms with Gasteiger partial charge in [-0.05, 0) is 6.42 Å². The van der Waals surface area contributed by atoms with Gasteiger partial charge in [0.2, 0.25) is 0 Å². The van der Waals surface area contributed by atoms with Gasteiger partial charge in [0.05, 0.1) is 0 Å². The van der Waals surface area contributed by atoms with Gasteiger partial charge in [0.25, 0.3) is 0 Å². The van der Waals surface area contributed by atoms with E-state index in [0.29, 0.717) is 11.3 Å². The first kappa shape index (κ1) is 19.7. The fourth-order valence-electron chi connectivity index (χ4n) is 2.89. The monoisotopic (exact) mass is 332 g/mol. The molecule has 0 bridgehead atoms. The lowest BCUT2D eigenvalue weighted by atomic mass is 10.0. The van der Waals surface area contributed by atoms with Crippen LogP contribution in [-0.4, -0.2) is 27.5 Å². The van der Waals surface area contributed by atoms with E-state index in [0.717, 1.165) is 10.5 Å². The molecular weight excluding hydrogens is 296 g/mol. The SMILES string of the molecule is CCCCCCCCCCC(NN)C1CSC(C)C(C)S1. The van der Waals surface area contributed by atoms with Crippen LogP contribution in [0.1, 0.15) is 78.6 Å². The molecule has 1 aliphatic rings. The van der Waals surface area contributed by atoms with Gasteiger partial charge in [-0.15, -0.1) is 0 Å². The lowest BCUT2D eigenvalue weighted by Gasteiger charge is -2.35. The summed E-state index contributed by atoms with van der Waals surface area (Å²) in [5.41, 5.74) is 3.09. The highest BCUT2D eigenvalue weighted by Crippen LogP contribution is 2.37. The van der Waals surface area contributed by atoms with Crippen LogP contribution >= 0.6 is 23.5 Å². The number of hydrogen-bond acceptors (Lipinski definition) is 4. The molecule has 0 spiro atoms. The molecule has 1 fully saturated rings.